The van der Waals surface area contributed by atoms with E-state index in [2.05, 4.69) is 27.9 Å². The predicted molar refractivity (Wildman–Crippen MR) is 92.5 cm³/mol. The molecule has 4 rings (SSSR count). The van der Waals surface area contributed by atoms with Crippen LogP contribution in [0.1, 0.15) is 12.0 Å². The van der Waals surface area contributed by atoms with Gasteiger partial charge in [-0.2, -0.15) is 5.10 Å². The lowest BCUT2D eigenvalue weighted by atomic mass is 10.1. The van der Waals surface area contributed by atoms with Gasteiger partial charge >= 0.3 is 0 Å². The van der Waals surface area contributed by atoms with Crippen LogP contribution in [-0.4, -0.2) is 46.3 Å². The van der Waals surface area contributed by atoms with E-state index in [1.807, 2.05) is 40.0 Å². The summed E-state index contributed by atoms with van der Waals surface area (Å²) >= 11 is 0. The lowest BCUT2D eigenvalue weighted by molar-refractivity contribution is -0.129. The van der Waals surface area contributed by atoms with Crippen molar-refractivity contribution in [2.24, 2.45) is 5.92 Å². The number of nitrogens with one attached hydrogen (secondary N) is 2. The van der Waals surface area contributed by atoms with E-state index in [1.54, 1.807) is 0 Å². The summed E-state index contributed by atoms with van der Waals surface area (Å²) in [6.07, 6.45) is 2.71. The fourth-order valence-electron chi connectivity index (χ4n) is 3.52. The van der Waals surface area contributed by atoms with E-state index in [4.69, 9.17) is 0 Å². The summed E-state index contributed by atoms with van der Waals surface area (Å²) in [5.41, 5.74) is 1.19. The maximum atomic E-state index is 12.6. The summed E-state index contributed by atoms with van der Waals surface area (Å²) in [7, 11) is 0. The minimum Gasteiger partial charge on any atom is -0.370 e. The molecule has 0 radical (unpaired) electrons. The van der Waals surface area contributed by atoms with Gasteiger partial charge in [0.25, 0.3) is 0 Å². The molecule has 6 nitrogen and oxygen atoms in total. The Morgan fingerprint density at radius 1 is 1.25 bits per heavy atom. The second kappa shape index (κ2) is 6.65. The summed E-state index contributed by atoms with van der Waals surface area (Å²) in [6.45, 7) is 4.20. The molecule has 3 heterocycles. The molecule has 2 atom stereocenters. The Hall–Kier alpha value is -2.34. The lowest BCUT2D eigenvalue weighted by Crippen LogP contribution is -2.43. The predicted octanol–water partition coefficient (Wildman–Crippen LogP) is 1.32. The van der Waals surface area contributed by atoms with Gasteiger partial charge < -0.3 is 15.5 Å². The lowest BCUT2D eigenvalue weighted by Gasteiger charge is -2.26. The minimum absolute atomic E-state index is 0.0484. The average Bonchev–Trinajstić information content (AvgIpc) is 3.21. The van der Waals surface area contributed by atoms with E-state index >= 15 is 0 Å². The van der Waals surface area contributed by atoms with Crippen LogP contribution < -0.4 is 10.6 Å². The number of fused-ring (bicyclic) bond motifs is 1. The Morgan fingerprint density at radius 2 is 2.12 bits per heavy atom. The molecule has 1 amide bonds. The highest BCUT2D eigenvalue weighted by atomic mass is 16.2. The molecule has 0 saturated carbocycles. The normalized spacial score (nSPS) is 23.2. The van der Waals surface area contributed by atoms with E-state index in [0.717, 1.165) is 38.4 Å². The molecule has 126 valence electrons. The Morgan fingerprint density at radius 3 is 3.00 bits per heavy atom. The van der Waals surface area contributed by atoms with E-state index in [0.29, 0.717) is 12.5 Å². The summed E-state index contributed by atoms with van der Waals surface area (Å²) in [5.74, 6) is 1.76. The number of hydrogen-bond donors (Lipinski definition) is 2. The first-order valence-electron chi connectivity index (χ1n) is 8.61. The van der Waals surface area contributed by atoms with Crippen molar-refractivity contribution in [1.82, 2.24) is 20.0 Å². The van der Waals surface area contributed by atoms with Crippen molar-refractivity contribution in [1.29, 1.82) is 0 Å². The molecule has 1 aromatic carbocycles. The Balaban J connectivity index is 1.28. The zero-order valence-electron chi connectivity index (χ0n) is 13.7. The van der Waals surface area contributed by atoms with Crippen molar-refractivity contribution in [3.05, 3.63) is 48.2 Å². The Kier molecular flexibility index (Phi) is 4.21. The number of benzene rings is 1. The molecule has 2 aliphatic rings. The topological polar surface area (TPSA) is 62.2 Å². The molecule has 0 spiro atoms. The van der Waals surface area contributed by atoms with Gasteiger partial charge in [0.2, 0.25) is 5.91 Å². The molecular weight excluding hydrogens is 302 g/mol. The van der Waals surface area contributed by atoms with Gasteiger partial charge in [-0.05, 0) is 12.0 Å². The first kappa shape index (κ1) is 15.2. The fourth-order valence-corrected chi connectivity index (χ4v) is 3.52. The van der Waals surface area contributed by atoms with Crippen LogP contribution in [0.15, 0.2) is 42.6 Å². The number of amides is 1. The van der Waals surface area contributed by atoms with Crippen LogP contribution >= 0.6 is 0 Å². The molecule has 1 fully saturated rings. The third-order valence-electron chi connectivity index (χ3n) is 4.89. The Labute approximate surface area is 141 Å². The molecular formula is C18H23N5O. The summed E-state index contributed by atoms with van der Waals surface area (Å²) in [6, 6.07) is 12.1. The van der Waals surface area contributed by atoms with Gasteiger partial charge in [0.1, 0.15) is 5.82 Å². The first-order valence-corrected chi connectivity index (χ1v) is 8.61. The molecule has 6 heteroatoms. The van der Waals surface area contributed by atoms with Crippen LogP contribution in [0, 0.1) is 5.92 Å². The quantitative estimate of drug-likeness (QED) is 0.870. The summed E-state index contributed by atoms with van der Waals surface area (Å²) in [4.78, 5) is 14.5. The van der Waals surface area contributed by atoms with Crippen LogP contribution in [0.25, 0.3) is 0 Å². The van der Waals surface area contributed by atoms with Crippen molar-refractivity contribution in [3.63, 3.8) is 0 Å². The maximum Gasteiger partial charge on any atom is 0.240 e. The number of rotatable bonds is 5. The molecule has 1 aromatic heterocycles. The summed E-state index contributed by atoms with van der Waals surface area (Å²) in [5, 5.41) is 11.2. The third-order valence-corrected chi connectivity index (χ3v) is 4.89. The number of anilines is 1. The van der Waals surface area contributed by atoms with Crippen LogP contribution in [0.4, 0.5) is 5.82 Å². The molecule has 1 saturated heterocycles. The highest BCUT2D eigenvalue weighted by Crippen LogP contribution is 2.18. The first-order chi connectivity index (χ1) is 11.8. The van der Waals surface area contributed by atoms with Gasteiger partial charge in [0.15, 0.2) is 0 Å². The molecule has 2 unspecified atom stereocenters. The van der Waals surface area contributed by atoms with E-state index in [1.165, 1.54) is 5.56 Å². The highest BCUT2D eigenvalue weighted by molar-refractivity contribution is 5.83. The molecule has 0 aliphatic carbocycles. The molecule has 24 heavy (non-hydrogen) atoms. The second-order valence-corrected chi connectivity index (χ2v) is 6.64. The largest absolute Gasteiger partial charge is 0.370 e. The molecule has 2 N–H and O–H groups in total. The van der Waals surface area contributed by atoms with Crippen LogP contribution in [0.3, 0.4) is 0 Å². The Bertz CT molecular complexity index is 698. The van der Waals surface area contributed by atoms with Gasteiger partial charge in [-0.25, -0.2) is 4.68 Å². The number of aromatic nitrogens is 2. The van der Waals surface area contributed by atoms with Gasteiger partial charge in [0.05, 0.1) is 12.2 Å². The second-order valence-electron chi connectivity index (χ2n) is 6.64. The van der Waals surface area contributed by atoms with Gasteiger partial charge in [0, 0.05) is 44.7 Å². The third kappa shape index (κ3) is 3.14. The molecule has 2 aromatic rings. The fraction of sp³-hybridized carbons (Fsp3) is 0.444. The van der Waals surface area contributed by atoms with Crippen molar-refractivity contribution < 1.29 is 4.79 Å². The van der Waals surface area contributed by atoms with Crippen LogP contribution in [-0.2, 0) is 17.9 Å². The van der Waals surface area contributed by atoms with Crippen molar-refractivity contribution in [2.45, 2.75) is 25.6 Å². The molecule has 0 bridgehead atoms. The van der Waals surface area contributed by atoms with Crippen LogP contribution in [0.5, 0.6) is 0 Å². The number of carbonyl (C=O) groups is 1. The number of carbonyl (C=O) groups excluding carboxylic acids is 1. The van der Waals surface area contributed by atoms with E-state index in [-0.39, 0.29) is 11.9 Å². The van der Waals surface area contributed by atoms with Gasteiger partial charge in [-0.1, -0.05) is 30.3 Å². The van der Waals surface area contributed by atoms with Crippen LogP contribution in [0.2, 0.25) is 0 Å². The summed E-state index contributed by atoms with van der Waals surface area (Å²) < 4.78 is 1.99. The zero-order chi connectivity index (χ0) is 16.4. The number of likely N-dealkylation sites (tertiary alicyclic amines) is 1. The minimum atomic E-state index is -0.0484. The van der Waals surface area contributed by atoms with E-state index in [9.17, 15) is 4.79 Å². The number of hydrogen-bond acceptors (Lipinski definition) is 4. The zero-order valence-corrected chi connectivity index (χ0v) is 13.7. The van der Waals surface area contributed by atoms with Gasteiger partial charge in [-0.15, -0.1) is 0 Å². The molecule has 2 aliphatic heterocycles. The SMILES string of the molecule is O=C1C(NCC2CNc3ccnn3C2)CCN1Cc1ccccc1. The van der Waals surface area contributed by atoms with Crippen molar-refractivity contribution in [3.8, 4) is 0 Å². The van der Waals surface area contributed by atoms with Gasteiger partial charge in [-0.3, -0.25) is 4.79 Å². The van der Waals surface area contributed by atoms with Crippen molar-refractivity contribution in [2.75, 3.05) is 25.0 Å². The highest BCUT2D eigenvalue weighted by Gasteiger charge is 2.31. The van der Waals surface area contributed by atoms with Crippen molar-refractivity contribution >= 4 is 11.7 Å². The average molecular weight is 325 g/mol. The van der Waals surface area contributed by atoms with E-state index < -0.39 is 0 Å². The monoisotopic (exact) mass is 325 g/mol. The maximum absolute atomic E-state index is 12.6. The smallest absolute Gasteiger partial charge is 0.240 e. The standard InChI is InChI=1S/C18H23N5O/c24-18-16(7-9-22(18)12-14-4-2-1-3-5-14)19-10-15-11-20-17-6-8-21-23(17)13-15/h1-6,8,15-16,19-20H,7,9-13H2. The number of nitrogens with zero attached hydrogens (tertiary/aromatic N) is 3.